The topological polar surface area (TPSA) is 157 Å². The SMILES string of the molecule is CC(C)(C)OC(=O)CCC(NC(=O)NC(CCC(=O)O)C(=O)OC(C)(C)C)C(=O)OC(C)(C)C.c1cc2cc(c1)C2. The Morgan fingerprint density at radius 1 is 0.732 bits per heavy atom. The fourth-order valence-electron chi connectivity index (χ4n) is 3.48. The van der Waals surface area contributed by atoms with Crippen LogP contribution in [0.3, 0.4) is 0 Å². The summed E-state index contributed by atoms with van der Waals surface area (Å²) in [5, 5.41) is 13.7. The van der Waals surface area contributed by atoms with Gasteiger partial charge in [-0.1, -0.05) is 24.3 Å². The molecule has 0 fully saturated rings. The lowest BCUT2D eigenvalue weighted by Gasteiger charge is -2.27. The molecular formula is C30H46N2O9. The molecule has 2 aliphatic carbocycles. The van der Waals surface area contributed by atoms with Crippen molar-refractivity contribution in [2.24, 2.45) is 0 Å². The van der Waals surface area contributed by atoms with Crippen molar-refractivity contribution in [3.63, 3.8) is 0 Å². The lowest BCUT2D eigenvalue weighted by atomic mass is 9.94. The van der Waals surface area contributed by atoms with Crippen molar-refractivity contribution in [3.05, 3.63) is 35.4 Å². The van der Waals surface area contributed by atoms with Gasteiger partial charge in [0.05, 0.1) is 0 Å². The molecule has 0 saturated heterocycles. The standard InChI is InChI=1S/C23H40N2O9.C7H6/c1-21(2,3)32-17(28)13-11-15(19(30)34-23(7,8)9)25-20(31)24-14(10-12-16(26)27)18(29)33-22(4,5)6;1-2-6-4-7(3-1)5-6/h14-15H,10-13H2,1-9H3,(H,26,27)(H2,24,25,31);1-4H,5H2. The first kappa shape index (κ1) is 35.4. The highest BCUT2D eigenvalue weighted by atomic mass is 16.6. The van der Waals surface area contributed by atoms with Crippen LogP contribution in [0, 0.1) is 0 Å². The Balaban J connectivity index is 0.00000101. The molecule has 0 radical (unpaired) electrons. The Morgan fingerprint density at radius 3 is 1.41 bits per heavy atom. The van der Waals surface area contributed by atoms with E-state index in [4.69, 9.17) is 19.3 Å². The van der Waals surface area contributed by atoms with Gasteiger partial charge in [0.1, 0.15) is 28.9 Å². The van der Waals surface area contributed by atoms with Crippen molar-refractivity contribution < 1.29 is 43.3 Å². The summed E-state index contributed by atoms with van der Waals surface area (Å²) in [7, 11) is 0. The lowest BCUT2D eigenvalue weighted by molar-refractivity contribution is -0.159. The Kier molecular flexibility index (Phi) is 12.8. The number of carboxylic acids is 1. The Bertz CT molecular complexity index is 1050. The molecule has 1 aromatic rings. The van der Waals surface area contributed by atoms with Crippen LogP contribution in [-0.2, 0) is 39.8 Å². The summed E-state index contributed by atoms with van der Waals surface area (Å²) in [5.41, 5.74) is 0.548. The van der Waals surface area contributed by atoms with Gasteiger partial charge in [0, 0.05) is 12.8 Å². The van der Waals surface area contributed by atoms with Gasteiger partial charge in [0.15, 0.2) is 0 Å². The van der Waals surface area contributed by atoms with E-state index >= 15 is 0 Å². The second-order valence-corrected chi connectivity index (χ2v) is 12.8. The van der Waals surface area contributed by atoms with Crippen molar-refractivity contribution in [2.45, 2.75) is 123 Å². The zero-order valence-electron chi connectivity index (χ0n) is 25.7. The minimum absolute atomic E-state index is 0.108. The second-order valence-electron chi connectivity index (χ2n) is 12.8. The van der Waals surface area contributed by atoms with Gasteiger partial charge in [-0.05, 0) is 92.7 Å². The minimum Gasteiger partial charge on any atom is -0.481 e. The largest absolute Gasteiger partial charge is 0.481 e. The molecule has 2 atom stereocenters. The van der Waals surface area contributed by atoms with Crippen LogP contribution in [0.4, 0.5) is 4.79 Å². The van der Waals surface area contributed by atoms with E-state index < -0.39 is 65.2 Å². The third-order valence-corrected chi connectivity index (χ3v) is 5.10. The molecule has 2 bridgehead atoms. The molecule has 0 aromatic heterocycles. The lowest BCUT2D eigenvalue weighted by Crippen LogP contribution is -2.53. The molecule has 11 nitrogen and oxygen atoms in total. The number of urea groups is 1. The monoisotopic (exact) mass is 578 g/mol. The van der Waals surface area contributed by atoms with Crippen molar-refractivity contribution in [2.75, 3.05) is 0 Å². The van der Waals surface area contributed by atoms with E-state index in [-0.39, 0.29) is 19.3 Å². The molecule has 11 heteroatoms. The van der Waals surface area contributed by atoms with Crippen LogP contribution in [0.25, 0.3) is 0 Å². The molecule has 230 valence electrons. The first-order chi connectivity index (χ1) is 18.6. The normalized spacial score (nSPS) is 13.7. The number of ether oxygens (including phenoxy) is 3. The first-order valence-corrected chi connectivity index (χ1v) is 13.7. The minimum atomic E-state index is -1.26. The molecule has 3 rings (SSSR count). The Hall–Kier alpha value is -3.63. The molecule has 2 unspecified atom stereocenters. The maximum Gasteiger partial charge on any atom is 0.329 e. The van der Waals surface area contributed by atoms with E-state index in [2.05, 4.69) is 34.9 Å². The van der Waals surface area contributed by atoms with Gasteiger partial charge in [0.2, 0.25) is 0 Å². The predicted molar refractivity (Wildman–Crippen MR) is 152 cm³/mol. The molecule has 0 saturated carbocycles. The van der Waals surface area contributed by atoms with Crippen molar-refractivity contribution in [1.29, 1.82) is 0 Å². The van der Waals surface area contributed by atoms with Gasteiger partial charge in [-0.15, -0.1) is 0 Å². The smallest absolute Gasteiger partial charge is 0.329 e. The van der Waals surface area contributed by atoms with E-state index in [9.17, 15) is 24.0 Å². The number of benzene rings is 1. The number of aliphatic carboxylic acids is 1. The van der Waals surface area contributed by atoms with Crippen LogP contribution < -0.4 is 10.6 Å². The number of fused-ring (bicyclic) bond motifs is 2. The molecule has 0 aliphatic heterocycles. The average Bonchev–Trinajstić information content (AvgIpc) is 2.76. The van der Waals surface area contributed by atoms with E-state index in [1.807, 2.05) is 0 Å². The van der Waals surface area contributed by atoms with Gasteiger partial charge >= 0.3 is 29.9 Å². The summed E-state index contributed by atoms with van der Waals surface area (Å²) in [6.07, 6.45) is 0.334. The molecule has 0 spiro atoms. The molecule has 41 heavy (non-hydrogen) atoms. The summed E-state index contributed by atoms with van der Waals surface area (Å²) >= 11 is 0. The number of hydrogen-bond acceptors (Lipinski definition) is 8. The Morgan fingerprint density at radius 2 is 1.12 bits per heavy atom. The third kappa shape index (κ3) is 16.3. The fraction of sp³-hybridized carbons (Fsp3) is 0.633. The molecular weight excluding hydrogens is 532 g/mol. The molecule has 1 aromatic carbocycles. The second kappa shape index (κ2) is 14.8. The van der Waals surface area contributed by atoms with Gasteiger partial charge in [0.25, 0.3) is 0 Å². The number of carbonyl (C=O) groups is 5. The fourth-order valence-corrected chi connectivity index (χ4v) is 3.48. The highest BCUT2D eigenvalue weighted by Crippen LogP contribution is 2.19. The van der Waals surface area contributed by atoms with Gasteiger partial charge in [-0.2, -0.15) is 0 Å². The van der Waals surface area contributed by atoms with Gasteiger partial charge in [-0.3, -0.25) is 9.59 Å². The maximum atomic E-state index is 12.6. The van der Waals surface area contributed by atoms with Gasteiger partial charge in [-0.25, -0.2) is 14.4 Å². The van der Waals surface area contributed by atoms with Crippen LogP contribution in [0.15, 0.2) is 24.3 Å². The number of rotatable bonds is 10. The maximum absolute atomic E-state index is 12.6. The summed E-state index contributed by atoms with van der Waals surface area (Å²) in [5.74, 6) is -3.30. The number of carbonyl (C=O) groups excluding carboxylic acids is 4. The zero-order valence-corrected chi connectivity index (χ0v) is 25.7. The van der Waals surface area contributed by atoms with Crippen LogP contribution in [0.5, 0.6) is 0 Å². The molecule has 2 aliphatic rings. The predicted octanol–water partition coefficient (Wildman–Crippen LogP) is 4.28. The third-order valence-electron chi connectivity index (χ3n) is 5.10. The van der Waals surface area contributed by atoms with E-state index in [1.54, 1.807) is 62.3 Å². The summed E-state index contributed by atoms with van der Waals surface area (Å²) in [4.78, 5) is 60.7. The average molecular weight is 579 g/mol. The van der Waals surface area contributed by atoms with E-state index in [0.29, 0.717) is 0 Å². The quantitative estimate of drug-likeness (QED) is 0.276. The summed E-state index contributed by atoms with van der Waals surface area (Å²) in [6.45, 7) is 15.0. The van der Waals surface area contributed by atoms with Crippen LogP contribution in [0.2, 0.25) is 0 Å². The molecule has 2 amide bonds. The number of amides is 2. The number of nitrogens with one attached hydrogen (secondary N) is 2. The van der Waals surface area contributed by atoms with Gasteiger partial charge < -0.3 is 30.0 Å². The van der Waals surface area contributed by atoms with Crippen LogP contribution >= 0.6 is 0 Å². The number of hydrogen-bond donors (Lipinski definition) is 3. The zero-order chi connectivity index (χ0) is 31.6. The first-order valence-electron chi connectivity index (χ1n) is 13.7. The highest BCUT2D eigenvalue weighted by Gasteiger charge is 2.31. The number of carboxylic acid groups (broad SMARTS) is 1. The summed E-state index contributed by atoms with van der Waals surface area (Å²) in [6, 6.07) is 5.25. The van der Waals surface area contributed by atoms with Crippen LogP contribution in [-0.4, -0.2) is 63.9 Å². The molecule has 3 N–H and O–H groups in total. The van der Waals surface area contributed by atoms with Crippen LogP contribution in [0.1, 0.15) is 99.1 Å². The summed E-state index contributed by atoms with van der Waals surface area (Å²) < 4.78 is 15.8. The van der Waals surface area contributed by atoms with E-state index in [1.165, 1.54) is 17.5 Å². The van der Waals surface area contributed by atoms with E-state index in [0.717, 1.165) is 0 Å². The van der Waals surface area contributed by atoms with Crippen molar-refractivity contribution in [3.8, 4) is 0 Å². The van der Waals surface area contributed by atoms with Crippen molar-refractivity contribution in [1.82, 2.24) is 10.6 Å². The Labute approximate surface area is 242 Å². The number of esters is 3. The highest BCUT2D eigenvalue weighted by molar-refractivity contribution is 5.88. The van der Waals surface area contributed by atoms with Crippen molar-refractivity contribution >= 4 is 29.9 Å². The molecule has 0 heterocycles.